The normalized spacial score (nSPS) is 18.3. The molecule has 0 atom stereocenters. The molecule has 6 aromatic carbocycles. The van der Waals surface area contributed by atoms with Crippen LogP contribution in [0.15, 0.2) is 181 Å². The Morgan fingerprint density at radius 2 is 0.926 bits per heavy atom. The Bertz CT molecular complexity index is 5480. The monoisotopic (exact) mass is 1590 g/mol. The van der Waals surface area contributed by atoms with Crippen molar-refractivity contribution in [2.45, 2.75) is 66.1 Å². The molecule has 0 radical (unpaired) electrons. The molecule has 9 aromatic rings. The van der Waals surface area contributed by atoms with E-state index in [1.165, 1.54) is 0 Å². The summed E-state index contributed by atoms with van der Waals surface area (Å²) < 4.78 is 88.3. The van der Waals surface area contributed by atoms with Gasteiger partial charge in [0.1, 0.15) is 5.75 Å². The van der Waals surface area contributed by atoms with E-state index in [0.29, 0.717) is 111 Å². The van der Waals surface area contributed by atoms with Gasteiger partial charge in [-0.1, -0.05) is 72.3 Å². The topological polar surface area (TPSA) is 349 Å². The molecule has 108 heavy (non-hydrogen) atoms. The highest BCUT2D eigenvalue weighted by atomic mass is 35.5. The number of carbonyl (C=O) groups is 6. The van der Waals surface area contributed by atoms with Gasteiger partial charge in [0.25, 0.3) is 22.3 Å². The first kappa shape index (κ1) is 76.7. The van der Waals surface area contributed by atoms with E-state index in [1.807, 2.05) is 64.4 Å². The predicted molar refractivity (Wildman–Crippen MR) is 420 cm³/mol. The van der Waals surface area contributed by atoms with Gasteiger partial charge in [0, 0.05) is 81.4 Å². The predicted octanol–water partition coefficient (Wildman–Crippen LogP) is 11.2. The second-order valence-electron chi connectivity index (χ2n) is 26.2. The van der Waals surface area contributed by atoms with E-state index in [9.17, 15) is 54.0 Å². The Labute approximate surface area is 640 Å². The lowest BCUT2D eigenvalue weighted by Gasteiger charge is -2.32. The first-order valence-corrected chi connectivity index (χ1v) is 42.1. The number of methoxy groups -OCH3 is 1. The van der Waals surface area contributed by atoms with Crippen LogP contribution in [0.3, 0.4) is 0 Å². The van der Waals surface area contributed by atoms with Gasteiger partial charge in [0.2, 0.25) is 43.0 Å². The van der Waals surface area contributed by atoms with E-state index in [0.717, 1.165) is 125 Å². The van der Waals surface area contributed by atoms with Crippen LogP contribution in [-0.4, -0.2) is 154 Å². The van der Waals surface area contributed by atoms with E-state index in [-0.39, 0.29) is 44.7 Å². The lowest BCUT2D eigenvalue weighted by atomic mass is 9.94. The van der Waals surface area contributed by atoms with Crippen LogP contribution in [-0.2, 0) is 49.1 Å². The van der Waals surface area contributed by atoms with Crippen LogP contribution in [0.5, 0.6) is 5.75 Å². The number of piperidine rings is 3. The molecule has 6 fully saturated rings. The molecular formula is C75H72ClN13O13S6. The second-order valence-corrected chi connectivity index (χ2v) is 35.4. The van der Waals surface area contributed by atoms with Crippen molar-refractivity contribution < 1.29 is 58.8 Å². The average Bonchev–Trinajstić information content (AvgIpc) is 0.856. The van der Waals surface area contributed by atoms with E-state index < -0.39 is 52.2 Å². The minimum atomic E-state index is -3.65. The second kappa shape index (κ2) is 34.0. The van der Waals surface area contributed by atoms with Crippen LogP contribution in [0.25, 0.3) is 50.5 Å². The van der Waals surface area contributed by atoms with Crippen LogP contribution in [0, 0.1) is 17.8 Å². The largest absolute Gasteiger partial charge is 0.497 e. The number of sulfone groups is 1. The summed E-state index contributed by atoms with van der Waals surface area (Å²) in [6.45, 7) is 4.89. The molecule has 558 valence electrons. The number of nitrogens with one attached hydrogen (secondary N) is 4. The number of anilines is 3. The van der Waals surface area contributed by atoms with Gasteiger partial charge in [-0.3, -0.25) is 39.4 Å². The van der Waals surface area contributed by atoms with Crippen molar-refractivity contribution in [3.63, 3.8) is 0 Å². The molecule has 0 unspecified atom stereocenters. The molecule has 6 saturated heterocycles. The highest BCUT2D eigenvalue weighted by Gasteiger charge is 2.31. The van der Waals surface area contributed by atoms with Gasteiger partial charge >= 0.3 is 0 Å². The van der Waals surface area contributed by atoms with E-state index in [1.54, 1.807) is 123 Å². The maximum Gasteiger partial charge on any atom is 0.290 e. The molecular weight excluding hydrogens is 1520 g/mol. The van der Waals surface area contributed by atoms with Gasteiger partial charge in [-0.15, -0.1) is 0 Å². The zero-order valence-corrected chi connectivity index (χ0v) is 63.7. The van der Waals surface area contributed by atoms with Crippen LogP contribution < -0.4 is 39.5 Å². The minimum Gasteiger partial charge on any atom is -0.497 e. The van der Waals surface area contributed by atoms with Gasteiger partial charge in [-0.2, -0.15) is 0 Å². The molecule has 0 bridgehead atoms. The number of halogens is 1. The third-order valence-corrected chi connectivity index (χ3v) is 26.5. The van der Waals surface area contributed by atoms with Crippen LogP contribution in [0.1, 0.15) is 68.4 Å². The number of carbonyl (C=O) groups excluding carboxylic acids is 6. The number of hydrogen-bond donors (Lipinski definition) is 4. The standard InChI is InChI=1S/C26H25N3O4S2.C25H25N5O5S2.C24H22ClN5O4S2/c30-23-17-25(31)34-24(23)16-21-7-11-27-26(28-21)29-12-8-18(9-13-29)10-14-35(32,33)22-6-5-19-3-1-2-4-20(19)15-22;1-35-20-4-2-18-13-21(5-3-17(18)12-20)37(33,34)27-15-16-7-10-30(11-8-16)24-26-9-6-19(28-24)14-22-23(31)29-25(32)36-22;25-20-3-1-2-16-12-18(4-5-19(16)20)36(33,34)27-14-15-7-10-30(11-8-15)23-26-9-6-17(28-23)13-21-22(31)29-24(32)35-21/h1-7,11,15-16,18H,8-10,12-14,17H2;2-6,9,12-14,16,27H,7-8,10-11,15H2,1H3,(H,29,31,32);1-6,9,12-13,15,27H,7-8,10-11,14H2,(H,29,31,32)/b24-16-;22-14-;21-13-. The Kier molecular flexibility index (Phi) is 24.1. The molecule has 9 heterocycles. The fraction of sp³-hybridized carbons (Fsp3) is 0.280. The number of nitrogens with zero attached hydrogens (tertiary/aromatic N) is 9. The summed E-state index contributed by atoms with van der Waals surface area (Å²) in [5, 5.41) is 9.38. The van der Waals surface area contributed by atoms with Crippen molar-refractivity contribution in [3.8, 4) is 5.75 Å². The zero-order chi connectivity index (χ0) is 75.7. The molecule has 4 N–H and O–H groups in total. The Morgan fingerprint density at radius 3 is 1.43 bits per heavy atom. The number of rotatable bonds is 19. The third kappa shape index (κ3) is 19.3. The summed E-state index contributed by atoms with van der Waals surface area (Å²) in [5.41, 5.74) is 1.68. The van der Waals surface area contributed by atoms with Crippen molar-refractivity contribution >= 4 is 178 Å². The van der Waals surface area contributed by atoms with Crippen LogP contribution >= 0.6 is 46.9 Å². The van der Waals surface area contributed by atoms with Gasteiger partial charge < -0.3 is 19.4 Å². The molecule has 6 aliphatic rings. The molecule has 26 nitrogen and oxygen atoms in total. The average molecular weight is 1590 g/mol. The fourth-order valence-electron chi connectivity index (χ4n) is 13.0. The van der Waals surface area contributed by atoms with Gasteiger partial charge in [-0.05, 0) is 216 Å². The number of hydrogen-bond acceptors (Lipinski definition) is 25. The minimum absolute atomic E-state index is 0.0570. The number of Topliss-reactive ketones (excluding diaryl/α,β-unsaturated/α-hetero) is 1. The number of benzene rings is 6. The number of sulfonamides is 2. The van der Waals surface area contributed by atoms with Gasteiger partial charge in [-0.25, -0.2) is 64.6 Å². The lowest BCUT2D eigenvalue weighted by molar-refractivity contribution is -0.119. The number of thioether (sulfide) groups is 3. The molecule has 0 saturated carbocycles. The van der Waals surface area contributed by atoms with Crippen LogP contribution in [0.2, 0.25) is 5.02 Å². The number of ketones is 1. The third-order valence-electron chi connectivity index (χ3n) is 19.0. The number of aromatic nitrogens is 6. The van der Waals surface area contributed by atoms with Crippen molar-refractivity contribution in [1.82, 2.24) is 50.0 Å². The fourth-order valence-corrected chi connectivity index (χ4v) is 19.1. The summed E-state index contributed by atoms with van der Waals surface area (Å²) in [6, 6.07) is 39.1. The number of ether oxygens (including phenoxy) is 1. The SMILES string of the molecule is COc1ccc2cc(S(=O)(=O)NCC3CCN(c4nccc(/C=C5\SC(=O)NC5=O)n4)CC3)ccc2c1.O=C1CC(=O)/C(=C/c2ccnc(N3CCC(CCS(=O)(=O)c4ccc5ccccc5c4)CC3)n2)S1.O=C1NC(=O)/C(=C/c2ccnc(N3CCC(CNS(=O)(=O)c4ccc5c(Cl)cccc5c4)CC3)n2)S1. The zero-order valence-electron chi connectivity index (χ0n) is 58.1. The smallest absolute Gasteiger partial charge is 0.290 e. The van der Waals surface area contributed by atoms with E-state index >= 15 is 0 Å². The molecule has 0 aliphatic carbocycles. The van der Waals surface area contributed by atoms with Gasteiger partial charge in [0.15, 0.2) is 15.6 Å². The Morgan fingerprint density at radius 1 is 0.491 bits per heavy atom. The van der Waals surface area contributed by atoms with Crippen molar-refractivity contribution in [1.29, 1.82) is 0 Å². The van der Waals surface area contributed by atoms with E-state index in [2.05, 4.69) is 54.9 Å². The van der Waals surface area contributed by atoms with Gasteiger partial charge in [0.05, 0.1) is 65.8 Å². The number of imide groups is 2. The summed E-state index contributed by atoms with van der Waals surface area (Å²) in [5.74, 6) is 2.19. The highest BCUT2D eigenvalue weighted by Crippen LogP contribution is 2.34. The summed E-state index contributed by atoms with van der Waals surface area (Å²) in [7, 11) is -9.04. The maximum absolute atomic E-state index is 12.9. The molecule has 6 aliphatic heterocycles. The number of fused-ring (bicyclic) bond motifs is 3. The molecule has 0 spiro atoms. The summed E-state index contributed by atoms with van der Waals surface area (Å²) in [6.07, 6.45) is 15.1. The number of allylic oxidation sites excluding steroid dienone is 1. The first-order valence-electron chi connectivity index (χ1n) is 34.6. The molecule has 15 rings (SSSR count). The summed E-state index contributed by atoms with van der Waals surface area (Å²) in [4.78, 5) is 104. The maximum atomic E-state index is 12.9. The Hall–Kier alpha value is -9.51. The van der Waals surface area contributed by atoms with Crippen molar-refractivity contribution in [2.24, 2.45) is 17.8 Å². The highest BCUT2D eigenvalue weighted by molar-refractivity contribution is 8.19. The quantitative estimate of drug-likeness (QED) is 0.0431. The first-order chi connectivity index (χ1) is 52.0. The Balaban J connectivity index is 0.000000143. The molecule has 4 amide bonds. The summed E-state index contributed by atoms with van der Waals surface area (Å²) >= 11 is 8.84. The van der Waals surface area contributed by atoms with E-state index in [4.69, 9.17) is 16.3 Å². The van der Waals surface area contributed by atoms with Crippen LogP contribution in [0.4, 0.5) is 27.4 Å². The van der Waals surface area contributed by atoms with Crippen molar-refractivity contribution in [2.75, 3.05) is 79.9 Å². The number of amides is 4. The molecule has 33 heteroatoms. The molecule has 3 aromatic heterocycles. The van der Waals surface area contributed by atoms with Crippen molar-refractivity contribution in [3.05, 3.63) is 189 Å². The lowest BCUT2D eigenvalue weighted by Crippen LogP contribution is -2.39.